The largest absolute Gasteiger partial charge is 0.379 e. The fourth-order valence-corrected chi connectivity index (χ4v) is 2.26. The van der Waals surface area contributed by atoms with E-state index in [9.17, 15) is 4.79 Å². The van der Waals surface area contributed by atoms with Gasteiger partial charge in [0.2, 0.25) is 5.91 Å². The summed E-state index contributed by atoms with van der Waals surface area (Å²) in [6, 6.07) is 0.501. The predicted molar refractivity (Wildman–Crippen MR) is 57.7 cm³/mol. The van der Waals surface area contributed by atoms with E-state index in [0.717, 1.165) is 19.6 Å². The Kier molecular flexibility index (Phi) is 3.97. The minimum atomic E-state index is 0.250. The van der Waals surface area contributed by atoms with Crippen molar-refractivity contribution in [3.63, 3.8) is 0 Å². The molecule has 2 rings (SSSR count). The lowest BCUT2D eigenvalue weighted by Gasteiger charge is -2.29. The molecule has 2 fully saturated rings. The van der Waals surface area contributed by atoms with Crippen molar-refractivity contribution in [2.24, 2.45) is 0 Å². The van der Waals surface area contributed by atoms with Crippen LogP contribution in [0.2, 0.25) is 0 Å². The zero-order valence-electron chi connectivity index (χ0n) is 9.21. The van der Waals surface area contributed by atoms with E-state index in [1.165, 1.54) is 19.3 Å². The number of carbonyl (C=O) groups excluding carboxylic acids is 1. The standard InChI is InChI=1S/C11H20N2O2/c14-11-4-7-15-8-6-13(11)9-10-3-1-2-5-12-10/h10,12H,1-9H2. The zero-order valence-corrected chi connectivity index (χ0v) is 9.21. The summed E-state index contributed by atoms with van der Waals surface area (Å²) < 4.78 is 5.30. The van der Waals surface area contributed by atoms with E-state index in [2.05, 4.69) is 5.32 Å². The lowest BCUT2D eigenvalue weighted by atomic mass is 10.0. The average molecular weight is 212 g/mol. The number of nitrogens with one attached hydrogen (secondary N) is 1. The van der Waals surface area contributed by atoms with Crippen LogP contribution in [0.25, 0.3) is 0 Å². The van der Waals surface area contributed by atoms with Crippen molar-refractivity contribution in [3.8, 4) is 0 Å². The highest BCUT2D eigenvalue weighted by Gasteiger charge is 2.21. The molecule has 0 aliphatic carbocycles. The van der Waals surface area contributed by atoms with E-state index in [1.807, 2.05) is 4.90 Å². The molecule has 15 heavy (non-hydrogen) atoms. The third-order valence-electron chi connectivity index (χ3n) is 3.17. The topological polar surface area (TPSA) is 41.6 Å². The minimum absolute atomic E-state index is 0.250. The molecule has 1 amide bonds. The maximum atomic E-state index is 11.7. The van der Waals surface area contributed by atoms with Crippen molar-refractivity contribution in [3.05, 3.63) is 0 Å². The van der Waals surface area contributed by atoms with Crippen molar-refractivity contribution in [2.75, 3.05) is 32.8 Å². The van der Waals surface area contributed by atoms with E-state index >= 15 is 0 Å². The fourth-order valence-electron chi connectivity index (χ4n) is 2.26. The van der Waals surface area contributed by atoms with E-state index in [1.54, 1.807) is 0 Å². The van der Waals surface area contributed by atoms with Gasteiger partial charge in [-0.2, -0.15) is 0 Å². The first-order valence-corrected chi connectivity index (χ1v) is 5.95. The molecule has 2 aliphatic rings. The van der Waals surface area contributed by atoms with Gasteiger partial charge in [-0.3, -0.25) is 4.79 Å². The van der Waals surface area contributed by atoms with Crippen LogP contribution in [0.15, 0.2) is 0 Å². The molecule has 1 atom stereocenters. The molecule has 0 saturated carbocycles. The van der Waals surface area contributed by atoms with E-state index in [0.29, 0.717) is 25.7 Å². The Morgan fingerprint density at radius 2 is 2.33 bits per heavy atom. The molecule has 0 aromatic carbocycles. The van der Waals surface area contributed by atoms with Crippen LogP contribution in [0.3, 0.4) is 0 Å². The summed E-state index contributed by atoms with van der Waals surface area (Å²) >= 11 is 0. The normalized spacial score (nSPS) is 28.9. The van der Waals surface area contributed by atoms with E-state index in [-0.39, 0.29) is 5.91 Å². The summed E-state index contributed by atoms with van der Waals surface area (Å²) in [5.74, 6) is 0.250. The number of rotatable bonds is 2. The molecule has 0 bridgehead atoms. The third kappa shape index (κ3) is 3.18. The number of hydrogen-bond donors (Lipinski definition) is 1. The molecule has 1 N–H and O–H groups in total. The Labute approximate surface area is 91.0 Å². The highest BCUT2D eigenvalue weighted by molar-refractivity contribution is 5.76. The molecule has 2 aliphatic heterocycles. The maximum absolute atomic E-state index is 11.7. The van der Waals surface area contributed by atoms with Crippen molar-refractivity contribution in [1.82, 2.24) is 10.2 Å². The Morgan fingerprint density at radius 1 is 1.40 bits per heavy atom. The molecule has 0 radical (unpaired) electrons. The van der Waals surface area contributed by atoms with Crippen LogP contribution in [0.1, 0.15) is 25.7 Å². The second-order valence-electron chi connectivity index (χ2n) is 4.35. The number of amides is 1. The van der Waals surface area contributed by atoms with Gasteiger partial charge in [0, 0.05) is 19.1 Å². The fraction of sp³-hybridized carbons (Fsp3) is 0.909. The summed E-state index contributed by atoms with van der Waals surface area (Å²) in [4.78, 5) is 13.7. The molecule has 4 heteroatoms. The summed E-state index contributed by atoms with van der Waals surface area (Å²) in [5, 5.41) is 3.47. The van der Waals surface area contributed by atoms with Gasteiger partial charge in [-0.15, -0.1) is 0 Å². The monoisotopic (exact) mass is 212 g/mol. The van der Waals surface area contributed by atoms with Gasteiger partial charge in [0.25, 0.3) is 0 Å². The molecule has 1 unspecified atom stereocenters. The van der Waals surface area contributed by atoms with Crippen LogP contribution < -0.4 is 5.32 Å². The predicted octanol–water partition coefficient (Wildman–Crippen LogP) is 0.377. The average Bonchev–Trinajstić information content (AvgIpc) is 2.46. The van der Waals surface area contributed by atoms with Crippen molar-refractivity contribution in [1.29, 1.82) is 0 Å². The van der Waals surface area contributed by atoms with Crippen LogP contribution >= 0.6 is 0 Å². The van der Waals surface area contributed by atoms with Gasteiger partial charge in [0.05, 0.1) is 19.6 Å². The van der Waals surface area contributed by atoms with Gasteiger partial charge in [-0.05, 0) is 19.4 Å². The number of hydrogen-bond acceptors (Lipinski definition) is 3. The first-order valence-electron chi connectivity index (χ1n) is 5.95. The Hall–Kier alpha value is -0.610. The van der Waals surface area contributed by atoms with Crippen molar-refractivity contribution in [2.45, 2.75) is 31.7 Å². The zero-order chi connectivity index (χ0) is 10.5. The molecule has 2 heterocycles. The second kappa shape index (κ2) is 5.47. The van der Waals surface area contributed by atoms with Gasteiger partial charge >= 0.3 is 0 Å². The van der Waals surface area contributed by atoms with Gasteiger partial charge in [-0.1, -0.05) is 6.42 Å². The van der Waals surface area contributed by atoms with E-state index < -0.39 is 0 Å². The SMILES string of the molecule is O=C1CCOCCN1CC1CCCCN1. The van der Waals surface area contributed by atoms with Crippen molar-refractivity contribution < 1.29 is 9.53 Å². The highest BCUT2D eigenvalue weighted by Crippen LogP contribution is 2.10. The quantitative estimate of drug-likeness (QED) is 0.719. The summed E-state index contributed by atoms with van der Waals surface area (Å²) in [7, 11) is 0. The first-order chi connectivity index (χ1) is 7.36. The number of piperidine rings is 1. The summed E-state index contributed by atoms with van der Waals surface area (Å²) in [6.07, 6.45) is 4.31. The Morgan fingerprint density at radius 3 is 3.13 bits per heavy atom. The van der Waals surface area contributed by atoms with E-state index in [4.69, 9.17) is 4.74 Å². The van der Waals surface area contributed by atoms with Crippen LogP contribution in [-0.4, -0.2) is 49.7 Å². The lowest BCUT2D eigenvalue weighted by Crippen LogP contribution is -2.46. The molecule has 86 valence electrons. The Bertz CT molecular complexity index is 215. The van der Waals surface area contributed by atoms with Crippen LogP contribution in [-0.2, 0) is 9.53 Å². The Balaban J connectivity index is 1.82. The number of ether oxygens (including phenoxy) is 1. The molecular weight excluding hydrogens is 192 g/mol. The van der Waals surface area contributed by atoms with Crippen molar-refractivity contribution >= 4 is 5.91 Å². The third-order valence-corrected chi connectivity index (χ3v) is 3.17. The lowest BCUT2D eigenvalue weighted by molar-refractivity contribution is -0.130. The van der Waals surface area contributed by atoms with Gasteiger partial charge in [0.1, 0.15) is 0 Å². The van der Waals surface area contributed by atoms with Crippen LogP contribution in [0.4, 0.5) is 0 Å². The molecule has 0 aromatic heterocycles. The second-order valence-corrected chi connectivity index (χ2v) is 4.35. The minimum Gasteiger partial charge on any atom is -0.379 e. The molecule has 4 nitrogen and oxygen atoms in total. The first kappa shape index (κ1) is 10.9. The smallest absolute Gasteiger partial charge is 0.225 e. The number of carbonyl (C=O) groups is 1. The molecule has 2 saturated heterocycles. The summed E-state index contributed by atoms with van der Waals surface area (Å²) in [5.41, 5.74) is 0. The maximum Gasteiger partial charge on any atom is 0.225 e. The van der Waals surface area contributed by atoms with Gasteiger partial charge in [-0.25, -0.2) is 0 Å². The van der Waals surface area contributed by atoms with Crippen LogP contribution in [0, 0.1) is 0 Å². The van der Waals surface area contributed by atoms with Gasteiger partial charge < -0.3 is 15.0 Å². The molecule has 0 spiro atoms. The molecular formula is C11H20N2O2. The summed E-state index contributed by atoms with van der Waals surface area (Å²) in [6.45, 7) is 4.01. The number of nitrogens with zero attached hydrogens (tertiary/aromatic N) is 1. The van der Waals surface area contributed by atoms with Gasteiger partial charge in [0.15, 0.2) is 0 Å². The van der Waals surface area contributed by atoms with Crippen LogP contribution in [0.5, 0.6) is 0 Å². The molecule has 0 aromatic rings. The highest BCUT2D eigenvalue weighted by atomic mass is 16.5.